The van der Waals surface area contributed by atoms with Crippen LogP contribution in [0.4, 0.5) is 0 Å². The van der Waals surface area contributed by atoms with Crippen LogP contribution < -0.4 is 0 Å². The van der Waals surface area contributed by atoms with Crippen molar-refractivity contribution in [1.29, 1.82) is 0 Å². The van der Waals surface area contributed by atoms with Gasteiger partial charge in [-0.3, -0.25) is 4.99 Å². The van der Waals surface area contributed by atoms with Crippen LogP contribution in [0, 0.1) is 12.3 Å². The van der Waals surface area contributed by atoms with E-state index >= 15 is 0 Å². The number of hydrogen-bond donors (Lipinski definition) is 0. The van der Waals surface area contributed by atoms with Gasteiger partial charge in [0.05, 0.1) is 25.1 Å². The zero-order valence-corrected chi connectivity index (χ0v) is 10.2. The number of hydrogen-bond acceptors (Lipinski definition) is 4. The van der Waals surface area contributed by atoms with Gasteiger partial charge < -0.3 is 0 Å². The average Bonchev–Trinajstić information content (AvgIpc) is 2.82. The molecule has 0 unspecified atom stereocenters. The van der Waals surface area contributed by atoms with Gasteiger partial charge in [-0.15, -0.1) is 6.42 Å². The summed E-state index contributed by atoms with van der Waals surface area (Å²) in [5, 5.41) is 7.23. The Morgan fingerprint density at radius 3 is 3.06 bits per heavy atom. The molecule has 0 saturated heterocycles. The SMILES string of the molecule is C#CCSC1=NCCN1/N=C/c1ccccc1. The van der Waals surface area contributed by atoms with Crippen molar-refractivity contribution in [3.63, 3.8) is 0 Å². The molecule has 0 N–H and O–H groups in total. The molecular formula is C13H13N3S. The van der Waals surface area contributed by atoms with Gasteiger partial charge in [0.2, 0.25) is 0 Å². The van der Waals surface area contributed by atoms with Crippen LogP contribution in [-0.4, -0.2) is 35.2 Å². The number of aliphatic imine (C=N–C) groups is 1. The third-order valence-electron chi connectivity index (χ3n) is 2.21. The van der Waals surface area contributed by atoms with Crippen LogP contribution in [0.3, 0.4) is 0 Å². The maximum atomic E-state index is 5.23. The third kappa shape index (κ3) is 3.36. The van der Waals surface area contributed by atoms with Crippen LogP contribution in [0.2, 0.25) is 0 Å². The molecule has 1 aromatic rings. The van der Waals surface area contributed by atoms with E-state index in [1.54, 1.807) is 11.8 Å². The minimum atomic E-state index is 0.635. The van der Waals surface area contributed by atoms with Crippen molar-refractivity contribution in [2.24, 2.45) is 10.1 Å². The molecule has 86 valence electrons. The first-order valence-electron chi connectivity index (χ1n) is 5.37. The van der Waals surface area contributed by atoms with E-state index in [0.29, 0.717) is 5.75 Å². The molecule has 0 bridgehead atoms. The minimum absolute atomic E-state index is 0.635. The second-order valence-electron chi connectivity index (χ2n) is 3.44. The lowest BCUT2D eigenvalue weighted by Gasteiger charge is -2.11. The number of terminal acetylenes is 1. The number of nitrogens with zero attached hydrogens (tertiary/aromatic N) is 3. The Labute approximate surface area is 106 Å². The van der Waals surface area contributed by atoms with Crippen molar-refractivity contribution >= 4 is 23.1 Å². The Balaban J connectivity index is 1.97. The lowest BCUT2D eigenvalue weighted by Crippen LogP contribution is -2.19. The van der Waals surface area contributed by atoms with E-state index in [2.05, 4.69) is 16.0 Å². The average molecular weight is 243 g/mol. The fourth-order valence-corrected chi connectivity index (χ4v) is 2.11. The number of amidine groups is 1. The second kappa shape index (κ2) is 6.12. The third-order valence-corrected chi connectivity index (χ3v) is 3.12. The fourth-order valence-electron chi connectivity index (χ4n) is 1.43. The predicted octanol–water partition coefficient (Wildman–Crippen LogP) is 2.06. The summed E-state index contributed by atoms with van der Waals surface area (Å²) in [7, 11) is 0. The minimum Gasteiger partial charge on any atom is -0.259 e. The molecule has 0 fully saturated rings. The van der Waals surface area contributed by atoms with Crippen LogP contribution in [0.1, 0.15) is 5.56 Å². The second-order valence-corrected chi connectivity index (χ2v) is 4.38. The Kier molecular flexibility index (Phi) is 4.23. The van der Waals surface area contributed by atoms with Crippen LogP contribution in [0.15, 0.2) is 40.4 Å². The van der Waals surface area contributed by atoms with Crippen LogP contribution >= 0.6 is 11.8 Å². The van der Waals surface area contributed by atoms with Crippen molar-refractivity contribution in [2.75, 3.05) is 18.8 Å². The highest BCUT2D eigenvalue weighted by atomic mass is 32.2. The number of benzene rings is 1. The lowest BCUT2D eigenvalue weighted by atomic mass is 10.2. The molecule has 2 rings (SSSR count). The molecule has 0 radical (unpaired) electrons. The molecule has 1 aliphatic heterocycles. The van der Waals surface area contributed by atoms with E-state index in [4.69, 9.17) is 6.42 Å². The van der Waals surface area contributed by atoms with Crippen molar-refractivity contribution in [2.45, 2.75) is 0 Å². The number of hydrazone groups is 1. The number of thioether (sulfide) groups is 1. The van der Waals surface area contributed by atoms with Gasteiger partial charge in [-0.2, -0.15) is 5.10 Å². The van der Waals surface area contributed by atoms with E-state index < -0.39 is 0 Å². The van der Waals surface area contributed by atoms with Gasteiger partial charge in [-0.1, -0.05) is 48.0 Å². The van der Waals surface area contributed by atoms with Crippen LogP contribution in [0.25, 0.3) is 0 Å². The summed E-state index contributed by atoms with van der Waals surface area (Å²) in [5.41, 5.74) is 1.08. The zero-order valence-electron chi connectivity index (χ0n) is 9.41. The summed E-state index contributed by atoms with van der Waals surface area (Å²) in [6, 6.07) is 10.0. The van der Waals surface area contributed by atoms with Crippen LogP contribution in [0.5, 0.6) is 0 Å². The maximum Gasteiger partial charge on any atom is 0.180 e. The summed E-state index contributed by atoms with van der Waals surface area (Å²) in [6.07, 6.45) is 7.08. The first-order valence-corrected chi connectivity index (χ1v) is 6.36. The largest absolute Gasteiger partial charge is 0.259 e. The number of rotatable bonds is 3. The molecule has 0 aliphatic carbocycles. The lowest BCUT2D eigenvalue weighted by molar-refractivity contribution is 0.499. The van der Waals surface area contributed by atoms with E-state index in [1.807, 2.05) is 41.6 Å². The van der Waals surface area contributed by atoms with Gasteiger partial charge in [0, 0.05) is 0 Å². The van der Waals surface area contributed by atoms with Gasteiger partial charge >= 0.3 is 0 Å². The summed E-state index contributed by atoms with van der Waals surface area (Å²) in [4.78, 5) is 4.36. The highest BCUT2D eigenvalue weighted by Gasteiger charge is 2.15. The van der Waals surface area contributed by atoms with Gasteiger partial charge in [0.1, 0.15) is 0 Å². The molecule has 1 aliphatic rings. The molecule has 0 amide bonds. The molecule has 0 atom stereocenters. The molecule has 0 spiro atoms. The van der Waals surface area contributed by atoms with Crippen molar-refractivity contribution in [1.82, 2.24) is 5.01 Å². The van der Waals surface area contributed by atoms with E-state index in [0.717, 1.165) is 23.8 Å². The smallest absolute Gasteiger partial charge is 0.180 e. The van der Waals surface area contributed by atoms with Gasteiger partial charge in [0.25, 0.3) is 0 Å². The normalized spacial score (nSPS) is 15.0. The topological polar surface area (TPSA) is 28.0 Å². The highest BCUT2D eigenvalue weighted by Crippen LogP contribution is 2.14. The van der Waals surface area contributed by atoms with Gasteiger partial charge in [0.15, 0.2) is 5.17 Å². The molecule has 0 saturated carbocycles. The summed E-state index contributed by atoms with van der Waals surface area (Å²) >= 11 is 1.55. The summed E-state index contributed by atoms with van der Waals surface area (Å²) in [6.45, 7) is 1.62. The first kappa shape index (κ1) is 11.7. The highest BCUT2D eigenvalue weighted by molar-refractivity contribution is 8.13. The van der Waals surface area contributed by atoms with E-state index in [1.165, 1.54) is 0 Å². The van der Waals surface area contributed by atoms with E-state index in [9.17, 15) is 0 Å². The molecule has 3 nitrogen and oxygen atoms in total. The Morgan fingerprint density at radius 2 is 2.29 bits per heavy atom. The van der Waals surface area contributed by atoms with Crippen LogP contribution in [-0.2, 0) is 0 Å². The first-order chi connectivity index (χ1) is 8.40. The summed E-state index contributed by atoms with van der Waals surface area (Å²) < 4.78 is 0. The Bertz CT molecular complexity index is 459. The molecule has 1 heterocycles. The molecule has 17 heavy (non-hydrogen) atoms. The quantitative estimate of drug-likeness (QED) is 0.600. The van der Waals surface area contributed by atoms with Gasteiger partial charge in [-0.05, 0) is 5.56 Å². The Morgan fingerprint density at radius 1 is 1.47 bits per heavy atom. The summed E-state index contributed by atoms with van der Waals surface area (Å²) in [5.74, 6) is 3.23. The molecular weight excluding hydrogens is 230 g/mol. The molecule has 1 aromatic carbocycles. The molecule has 0 aromatic heterocycles. The fraction of sp³-hybridized carbons (Fsp3) is 0.231. The maximum absolute atomic E-state index is 5.23. The van der Waals surface area contributed by atoms with E-state index in [-0.39, 0.29) is 0 Å². The molecule has 4 heteroatoms. The van der Waals surface area contributed by atoms with Crippen molar-refractivity contribution in [3.05, 3.63) is 35.9 Å². The standard InChI is InChI=1S/C13H13N3S/c1-2-10-17-13-14-8-9-16(13)15-11-12-6-4-3-5-7-12/h1,3-7,11H,8-10H2/b15-11+. The van der Waals surface area contributed by atoms with Crippen molar-refractivity contribution < 1.29 is 0 Å². The zero-order chi connectivity index (χ0) is 11.9. The van der Waals surface area contributed by atoms with Crippen molar-refractivity contribution in [3.8, 4) is 12.3 Å². The Hall–Kier alpha value is -1.73. The monoisotopic (exact) mass is 243 g/mol. The predicted molar refractivity (Wildman–Crippen MR) is 74.3 cm³/mol. The van der Waals surface area contributed by atoms with Gasteiger partial charge in [-0.25, -0.2) is 5.01 Å².